The largest absolute Gasteiger partial charge is 0.464 e. The van der Waals surface area contributed by atoms with Gasteiger partial charge in [0.2, 0.25) is 0 Å². The van der Waals surface area contributed by atoms with E-state index in [-0.39, 0.29) is 25.3 Å². The first-order chi connectivity index (χ1) is 13.0. The van der Waals surface area contributed by atoms with Gasteiger partial charge in [-0.2, -0.15) is 0 Å². The lowest BCUT2D eigenvalue weighted by Gasteiger charge is -2.17. The summed E-state index contributed by atoms with van der Waals surface area (Å²) in [5, 5.41) is 13.2. The average Bonchev–Trinajstić information content (AvgIpc) is 2.67. The van der Waals surface area contributed by atoms with Crippen molar-refractivity contribution in [3.05, 3.63) is 75.8 Å². The predicted molar refractivity (Wildman–Crippen MR) is 97.0 cm³/mol. The number of hydrogen-bond acceptors (Lipinski definition) is 6. The molecule has 27 heavy (non-hydrogen) atoms. The van der Waals surface area contributed by atoms with E-state index < -0.39 is 23.0 Å². The lowest BCUT2D eigenvalue weighted by Crippen LogP contribution is -2.43. The van der Waals surface area contributed by atoms with Crippen LogP contribution in [0.25, 0.3) is 0 Å². The standard InChI is InChI=1S/C19H20N2O6/c1-2-26-18(22)17(12-14-8-10-16(11-9-14)21(24)25)20-19(23)27-13-15-6-4-3-5-7-15/h3-11,17H,2,12-13H2,1H3,(H,20,23)/t17-/m0/s1. The van der Waals surface area contributed by atoms with Crippen molar-refractivity contribution >= 4 is 17.7 Å². The van der Waals surface area contributed by atoms with Crippen LogP contribution in [0.4, 0.5) is 10.5 Å². The van der Waals surface area contributed by atoms with Crippen LogP contribution in [0.1, 0.15) is 18.1 Å². The summed E-state index contributed by atoms with van der Waals surface area (Å²) in [6.07, 6.45) is -0.629. The average molecular weight is 372 g/mol. The summed E-state index contributed by atoms with van der Waals surface area (Å²) < 4.78 is 10.1. The number of hydrogen-bond donors (Lipinski definition) is 1. The smallest absolute Gasteiger partial charge is 0.408 e. The molecule has 0 unspecified atom stereocenters. The van der Waals surface area contributed by atoms with Gasteiger partial charge in [0.05, 0.1) is 11.5 Å². The number of benzene rings is 2. The molecule has 1 atom stereocenters. The van der Waals surface area contributed by atoms with E-state index in [4.69, 9.17) is 9.47 Å². The Morgan fingerprint density at radius 1 is 1.04 bits per heavy atom. The van der Waals surface area contributed by atoms with Crippen LogP contribution in [0.5, 0.6) is 0 Å². The van der Waals surface area contributed by atoms with Gasteiger partial charge in [0, 0.05) is 18.6 Å². The van der Waals surface area contributed by atoms with Crippen molar-refractivity contribution in [2.45, 2.75) is 26.0 Å². The van der Waals surface area contributed by atoms with Gasteiger partial charge in [0.1, 0.15) is 12.6 Å². The minimum absolute atomic E-state index is 0.0540. The zero-order valence-electron chi connectivity index (χ0n) is 14.8. The Kier molecular flexibility index (Phi) is 7.30. The third-order valence-corrected chi connectivity index (χ3v) is 3.66. The molecule has 0 saturated carbocycles. The fourth-order valence-electron chi connectivity index (χ4n) is 2.33. The number of nitro groups is 1. The minimum atomic E-state index is -0.963. The molecule has 0 aliphatic heterocycles. The Bertz CT molecular complexity index is 777. The predicted octanol–water partition coefficient (Wildman–Crippen LogP) is 3.00. The number of nitro benzene ring substituents is 1. The first kappa shape index (κ1) is 19.9. The Hall–Kier alpha value is -3.42. The molecule has 0 aromatic heterocycles. The summed E-state index contributed by atoms with van der Waals surface area (Å²) in [5.74, 6) is -0.604. The lowest BCUT2D eigenvalue weighted by molar-refractivity contribution is -0.384. The zero-order valence-corrected chi connectivity index (χ0v) is 14.8. The van der Waals surface area contributed by atoms with Crippen LogP contribution in [-0.2, 0) is 27.3 Å². The van der Waals surface area contributed by atoms with E-state index in [9.17, 15) is 19.7 Å². The molecule has 1 amide bonds. The molecule has 0 spiro atoms. The number of rotatable bonds is 8. The molecule has 0 aliphatic rings. The maximum atomic E-state index is 12.1. The summed E-state index contributed by atoms with van der Waals surface area (Å²) >= 11 is 0. The quantitative estimate of drug-likeness (QED) is 0.433. The number of carbonyl (C=O) groups is 2. The third-order valence-electron chi connectivity index (χ3n) is 3.66. The maximum absolute atomic E-state index is 12.1. The highest BCUT2D eigenvalue weighted by molar-refractivity contribution is 5.81. The molecule has 0 heterocycles. The number of ether oxygens (including phenoxy) is 2. The van der Waals surface area contributed by atoms with Crippen LogP contribution < -0.4 is 5.32 Å². The fraction of sp³-hybridized carbons (Fsp3) is 0.263. The molecular weight excluding hydrogens is 352 g/mol. The SMILES string of the molecule is CCOC(=O)[C@H](Cc1ccc([N+](=O)[O-])cc1)NC(=O)OCc1ccccc1. The third kappa shape index (κ3) is 6.43. The second kappa shape index (κ2) is 9.91. The summed E-state index contributed by atoms with van der Waals surface area (Å²) in [4.78, 5) is 34.4. The number of amides is 1. The Morgan fingerprint density at radius 3 is 2.30 bits per heavy atom. The van der Waals surface area contributed by atoms with Crippen molar-refractivity contribution in [2.75, 3.05) is 6.61 Å². The molecular formula is C19H20N2O6. The first-order valence-corrected chi connectivity index (χ1v) is 8.36. The molecule has 0 radical (unpaired) electrons. The zero-order chi connectivity index (χ0) is 19.6. The van der Waals surface area contributed by atoms with Gasteiger partial charge in [0.25, 0.3) is 5.69 Å². The molecule has 2 aromatic rings. The van der Waals surface area contributed by atoms with E-state index in [1.54, 1.807) is 6.92 Å². The van der Waals surface area contributed by atoms with Crippen molar-refractivity contribution in [2.24, 2.45) is 0 Å². The van der Waals surface area contributed by atoms with Crippen LogP contribution in [0.3, 0.4) is 0 Å². The van der Waals surface area contributed by atoms with Gasteiger partial charge in [-0.1, -0.05) is 42.5 Å². The Balaban J connectivity index is 1.99. The van der Waals surface area contributed by atoms with Gasteiger partial charge >= 0.3 is 12.1 Å². The number of nitrogens with zero attached hydrogens (tertiary/aromatic N) is 1. The molecule has 8 heteroatoms. The lowest BCUT2D eigenvalue weighted by atomic mass is 10.1. The van der Waals surface area contributed by atoms with Crippen molar-refractivity contribution in [1.82, 2.24) is 5.32 Å². The second-order valence-corrected chi connectivity index (χ2v) is 5.64. The molecule has 142 valence electrons. The van der Waals surface area contributed by atoms with Crippen molar-refractivity contribution in [3.63, 3.8) is 0 Å². The molecule has 0 saturated heterocycles. The molecule has 2 aromatic carbocycles. The minimum Gasteiger partial charge on any atom is -0.464 e. The number of carbonyl (C=O) groups excluding carboxylic acids is 2. The van der Waals surface area contributed by atoms with E-state index in [1.165, 1.54) is 24.3 Å². The molecule has 0 fully saturated rings. The first-order valence-electron chi connectivity index (χ1n) is 8.36. The Labute approximate surface area is 156 Å². The normalized spacial score (nSPS) is 11.3. The molecule has 8 nitrogen and oxygen atoms in total. The maximum Gasteiger partial charge on any atom is 0.408 e. The second-order valence-electron chi connectivity index (χ2n) is 5.64. The molecule has 1 N–H and O–H groups in total. The number of alkyl carbamates (subject to hydrolysis) is 1. The van der Waals surface area contributed by atoms with Crippen LogP contribution in [0, 0.1) is 10.1 Å². The topological polar surface area (TPSA) is 108 Å². The highest BCUT2D eigenvalue weighted by Crippen LogP contribution is 2.14. The monoisotopic (exact) mass is 372 g/mol. The van der Waals surface area contributed by atoms with Gasteiger partial charge < -0.3 is 14.8 Å². The summed E-state index contributed by atoms with van der Waals surface area (Å²) in [5.41, 5.74) is 1.40. The van der Waals surface area contributed by atoms with Crippen molar-refractivity contribution < 1.29 is 24.0 Å². The van der Waals surface area contributed by atoms with Gasteiger partial charge in [-0.15, -0.1) is 0 Å². The highest BCUT2D eigenvalue weighted by atomic mass is 16.6. The fourth-order valence-corrected chi connectivity index (χ4v) is 2.33. The van der Waals surface area contributed by atoms with Gasteiger partial charge in [-0.25, -0.2) is 9.59 Å². The van der Waals surface area contributed by atoms with Crippen molar-refractivity contribution in [1.29, 1.82) is 0 Å². The van der Waals surface area contributed by atoms with Crippen LogP contribution in [0.2, 0.25) is 0 Å². The molecule has 2 rings (SSSR count). The van der Waals surface area contributed by atoms with E-state index in [2.05, 4.69) is 5.32 Å². The number of esters is 1. The van der Waals surface area contributed by atoms with E-state index in [0.29, 0.717) is 5.56 Å². The number of non-ortho nitro benzene ring substituents is 1. The molecule has 0 aliphatic carbocycles. The number of nitrogens with one attached hydrogen (secondary N) is 1. The molecule has 0 bridgehead atoms. The van der Waals surface area contributed by atoms with Crippen LogP contribution in [0.15, 0.2) is 54.6 Å². The van der Waals surface area contributed by atoms with Gasteiger partial charge in [-0.3, -0.25) is 10.1 Å². The summed E-state index contributed by atoms with van der Waals surface area (Å²) in [6.45, 7) is 1.89. The van der Waals surface area contributed by atoms with E-state index >= 15 is 0 Å². The highest BCUT2D eigenvalue weighted by Gasteiger charge is 2.23. The Morgan fingerprint density at radius 2 is 1.70 bits per heavy atom. The van der Waals surface area contributed by atoms with Gasteiger partial charge in [0.15, 0.2) is 0 Å². The van der Waals surface area contributed by atoms with Crippen LogP contribution in [-0.4, -0.2) is 29.6 Å². The summed E-state index contributed by atoms with van der Waals surface area (Å²) in [6, 6.07) is 13.9. The van der Waals surface area contributed by atoms with E-state index in [1.807, 2.05) is 30.3 Å². The van der Waals surface area contributed by atoms with E-state index in [0.717, 1.165) is 5.56 Å². The summed E-state index contributed by atoms with van der Waals surface area (Å²) in [7, 11) is 0. The van der Waals surface area contributed by atoms with Crippen molar-refractivity contribution in [3.8, 4) is 0 Å². The van der Waals surface area contributed by atoms with Gasteiger partial charge in [-0.05, 0) is 18.1 Å². The van der Waals surface area contributed by atoms with Crippen LogP contribution >= 0.6 is 0 Å².